The zero-order valence-electron chi connectivity index (χ0n) is 46.2. The van der Waals surface area contributed by atoms with Gasteiger partial charge in [-0.25, -0.2) is 0 Å². The third kappa shape index (κ3) is 52.0. The molecule has 0 heterocycles. The maximum Gasteiger partial charge on any atom is 0.306 e. The van der Waals surface area contributed by atoms with E-state index < -0.39 is 18.2 Å². The summed E-state index contributed by atoms with van der Waals surface area (Å²) < 4.78 is 5.96. The molecule has 3 N–H and O–H groups in total. The van der Waals surface area contributed by atoms with Crippen LogP contribution in [0, 0.1) is 0 Å². The van der Waals surface area contributed by atoms with Crippen LogP contribution < -0.4 is 5.32 Å². The molecule has 0 fully saturated rings. The monoisotopic (exact) mass is 968 g/mol. The first kappa shape index (κ1) is 66.8. The van der Waals surface area contributed by atoms with Gasteiger partial charge in [0.15, 0.2) is 0 Å². The second kappa shape index (κ2) is 56.7. The van der Waals surface area contributed by atoms with Crippen molar-refractivity contribution in [3.8, 4) is 0 Å². The van der Waals surface area contributed by atoms with Crippen LogP contribution >= 0.6 is 0 Å². The van der Waals surface area contributed by atoms with E-state index in [0.717, 1.165) is 83.5 Å². The van der Waals surface area contributed by atoms with E-state index in [9.17, 15) is 19.8 Å². The van der Waals surface area contributed by atoms with E-state index in [4.69, 9.17) is 4.74 Å². The number of unbranched alkanes of at least 4 members (excludes halogenated alkanes) is 36. The van der Waals surface area contributed by atoms with Crippen molar-refractivity contribution in [3.63, 3.8) is 0 Å². The fourth-order valence-corrected chi connectivity index (χ4v) is 9.28. The summed E-state index contributed by atoms with van der Waals surface area (Å²) in [6.45, 7) is 6.48. The molecule has 0 aromatic carbocycles. The van der Waals surface area contributed by atoms with Crippen LogP contribution in [0.4, 0.5) is 0 Å². The van der Waals surface area contributed by atoms with Crippen molar-refractivity contribution in [2.45, 2.75) is 334 Å². The average molecular weight is 969 g/mol. The molecule has 0 aliphatic rings. The minimum atomic E-state index is -0.797. The fraction of sp³-hybridized carbons (Fsp3) is 0.841. The first-order chi connectivity index (χ1) is 34.0. The van der Waals surface area contributed by atoms with E-state index in [0.29, 0.717) is 19.3 Å². The SMILES string of the molecule is CCCCC/C=C\C/C=C\CCCCCCCCCC(=O)OC(CCCCC/C=C/C=C/CCCCCCCCC)CC(=O)NC(CO)C(O)CCCCCCCCCCCCCCCCCCC. The molecule has 0 aromatic heterocycles. The lowest BCUT2D eigenvalue weighted by molar-refractivity contribution is -0.151. The lowest BCUT2D eigenvalue weighted by atomic mass is 10.0. The molecule has 404 valence electrons. The van der Waals surface area contributed by atoms with Crippen molar-refractivity contribution in [1.29, 1.82) is 0 Å². The fourth-order valence-electron chi connectivity index (χ4n) is 9.28. The Bertz CT molecular complexity index is 1180. The number of hydrogen-bond donors (Lipinski definition) is 3. The van der Waals surface area contributed by atoms with Gasteiger partial charge in [-0.3, -0.25) is 9.59 Å². The highest BCUT2D eigenvalue weighted by Gasteiger charge is 2.24. The van der Waals surface area contributed by atoms with Crippen LogP contribution in [-0.4, -0.2) is 46.9 Å². The Morgan fingerprint density at radius 1 is 0.435 bits per heavy atom. The van der Waals surface area contributed by atoms with Crippen LogP contribution in [0.25, 0.3) is 0 Å². The van der Waals surface area contributed by atoms with Gasteiger partial charge in [0.2, 0.25) is 5.91 Å². The normalized spacial score (nSPS) is 13.4. The predicted octanol–water partition coefficient (Wildman–Crippen LogP) is 19.0. The number of aliphatic hydroxyl groups is 2. The van der Waals surface area contributed by atoms with Crippen molar-refractivity contribution >= 4 is 11.9 Å². The van der Waals surface area contributed by atoms with Gasteiger partial charge >= 0.3 is 5.97 Å². The highest BCUT2D eigenvalue weighted by Crippen LogP contribution is 2.18. The number of carbonyl (C=O) groups is 2. The smallest absolute Gasteiger partial charge is 0.306 e. The van der Waals surface area contributed by atoms with E-state index in [1.165, 1.54) is 186 Å². The molecule has 0 aliphatic heterocycles. The van der Waals surface area contributed by atoms with Crippen LogP contribution in [-0.2, 0) is 14.3 Å². The van der Waals surface area contributed by atoms with E-state index in [1.54, 1.807) is 0 Å². The van der Waals surface area contributed by atoms with E-state index in [-0.39, 0.29) is 24.9 Å². The number of ether oxygens (including phenoxy) is 1. The summed E-state index contributed by atoms with van der Waals surface area (Å²) in [4.78, 5) is 26.3. The Hall–Kier alpha value is -2.18. The van der Waals surface area contributed by atoms with Gasteiger partial charge in [-0.1, -0.05) is 268 Å². The second-order valence-corrected chi connectivity index (χ2v) is 20.8. The molecule has 0 saturated carbocycles. The topological polar surface area (TPSA) is 95.9 Å². The van der Waals surface area contributed by atoms with Gasteiger partial charge in [0.25, 0.3) is 0 Å². The molecule has 6 heteroatoms. The van der Waals surface area contributed by atoms with Crippen molar-refractivity contribution in [1.82, 2.24) is 5.32 Å². The van der Waals surface area contributed by atoms with Crippen molar-refractivity contribution in [3.05, 3.63) is 48.6 Å². The van der Waals surface area contributed by atoms with Crippen molar-refractivity contribution in [2.24, 2.45) is 0 Å². The molecular formula is C63H117NO5. The largest absolute Gasteiger partial charge is 0.462 e. The van der Waals surface area contributed by atoms with Crippen LogP contribution in [0.1, 0.15) is 316 Å². The standard InChI is InChI=1S/C63H117NO5/c1-4-7-10-13-16-19-22-25-28-31-34-37-40-43-46-49-52-55-61(66)60(58-65)64-62(67)57-59(54-51-48-45-42-39-36-33-30-27-24-21-18-15-12-9-6-3)69-63(68)56-53-50-47-44-41-38-35-32-29-26-23-20-17-14-11-8-5-2/h17,20,26,29-30,33,36,39,59-61,65-66H,4-16,18-19,21-25,27-28,31-32,34-35,37-38,40-58H2,1-3H3,(H,64,67)/b20-17-,29-26-,33-30+,39-36+. The van der Waals surface area contributed by atoms with Crippen LogP contribution in [0.3, 0.4) is 0 Å². The summed E-state index contributed by atoms with van der Waals surface area (Å²) in [5.74, 6) is -0.496. The summed E-state index contributed by atoms with van der Waals surface area (Å²) in [5, 5.41) is 23.9. The van der Waals surface area contributed by atoms with Gasteiger partial charge in [0, 0.05) is 6.42 Å². The first-order valence-corrected chi connectivity index (χ1v) is 30.4. The van der Waals surface area contributed by atoms with Crippen LogP contribution in [0.15, 0.2) is 48.6 Å². The Morgan fingerprint density at radius 3 is 1.23 bits per heavy atom. The quantitative estimate of drug-likeness (QED) is 0.0244. The van der Waals surface area contributed by atoms with Gasteiger partial charge in [-0.15, -0.1) is 0 Å². The van der Waals surface area contributed by atoms with E-state index >= 15 is 0 Å². The maximum atomic E-state index is 13.3. The number of carbonyl (C=O) groups excluding carboxylic acids is 2. The summed E-state index contributed by atoms with van der Waals surface area (Å²) in [6, 6.07) is -0.713. The van der Waals surface area contributed by atoms with Gasteiger partial charge < -0.3 is 20.3 Å². The molecule has 0 aromatic rings. The highest BCUT2D eigenvalue weighted by atomic mass is 16.5. The Kier molecular flexibility index (Phi) is 54.9. The summed E-state index contributed by atoms with van der Waals surface area (Å²) >= 11 is 0. The number of nitrogens with one attached hydrogen (secondary N) is 1. The predicted molar refractivity (Wildman–Crippen MR) is 301 cm³/mol. The van der Waals surface area contributed by atoms with Crippen molar-refractivity contribution in [2.75, 3.05) is 6.61 Å². The number of esters is 1. The third-order valence-electron chi connectivity index (χ3n) is 13.9. The Morgan fingerprint density at radius 2 is 0.783 bits per heavy atom. The lowest BCUT2D eigenvalue weighted by Crippen LogP contribution is -2.46. The zero-order chi connectivity index (χ0) is 50.2. The first-order valence-electron chi connectivity index (χ1n) is 30.4. The molecule has 6 nitrogen and oxygen atoms in total. The van der Waals surface area contributed by atoms with Gasteiger partial charge in [0.1, 0.15) is 6.10 Å². The number of rotatable bonds is 55. The third-order valence-corrected chi connectivity index (χ3v) is 13.9. The van der Waals surface area contributed by atoms with Crippen molar-refractivity contribution < 1.29 is 24.5 Å². The zero-order valence-corrected chi connectivity index (χ0v) is 46.2. The molecule has 3 unspecified atom stereocenters. The minimum absolute atomic E-state index is 0.0580. The number of hydrogen-bond acceptors (Lipinski definition) is 5. The number of amides is 1. The summed E-state index contributed by atoms with van der Waals surface area (Å²) in [6.07, 6.45) is 70.3. The molecule has 0 bridgehead atoms. The van der Waals surface area contributed by atoms with E-state index in [2.05, 4.69) is 74.7 Å². The number of allylic oxidation sites excluding steroid dienone is 8. The van der Waals surface area contributed by atoms with Gasteiger partial charge in [-0.2, -0.15) is 0 Å². The molecule has 0 saturated heterocycles. The van der Waals surface area contributed by atoms with Crippen LogP contribution in [0.5, 0.6) is 0 Å². The highest BCUT2D eigenvalue weighted by molar-refractivity contribution is 5.77. The molecule has 69 heavy (non-hydrogen) atoms. The second-order valence-electron chi connectivity index (χ2n) is 20.8. The summed E-state index contributed by atoms with van der Waals surface area (Å²) in [7, 11) is 0. The maximum absolute atomic E-state index is 13.3. The lowest BCUT2D eigenvalue weighted by Gasteiger charge is -2.24. The minimum Gasteiger partial charge on any atom is -0.462 e. The summed E-state index contributed by atoms with van der Waals surface area (Å²) in [5.41, 5.74) is 0. The Labute approximate surface area is 429 Å². The molecule has 0 radical (unpaired) electrons. The molecule has 0 rings (SSSR count). The van der Waals surface area contributed by atoms with Crippen LogP contribution in [0.2, 0.25) is 0 Å². The van der Waals surface area contributed by atoms with E-state index in [1.807, 2.05) is 0 Å². The average Bonchev–Trinajstić information content (AvgIpc) is 3.34. The molecule has 1 amide bonds. The van der Waals surface area contributed by atoms with Gasteiger partial charge in [0.05, 0.1) is 25.2 Å². The molecule has 0 spiro atoms. The molecule has 3 atom stereocenters. The Balaban J connectivity index is 4.58. The van der Waals surface area contributed by atoms with Gasteiger partial charge in [-0.05, 0) is 83.5 Å². The molecular weight excluding hydrogens is 851 g/mol. The molecule has 0 aliphatic carbocycles. The number of aliphatic hydroxyl groups excluding tert-OH is 2.